The molecular formula is C15H11BrN4O3S. The first kappa shape index (κ1) is 16.3. The molecule has 4 N–H and O–H groups in total. The van der Waals surface area contributed by atoms with Gasteiger partial charge in [0.05, 0.1) is 23.1 Å². The second-order valence-electron chi connectivity index (χ2n) is 4.97. The van der Waals surface area contributed by atoms with Crippen molar-refractivity contribution in [3.8, 4) is 17.7 Å². The average Bonchev–Trinajstić information content (AvgIpc) is 2.53. The Bertz CT molecular complexity index is 1020. The number of aromatic nitrogens is 2. The summed E-state index contributed by atoms with van der Waals surface area (Å²) < 4.78 is 11.4. The van der Waals surface area contributed by atoms with Crippen LogP contribution in [0.15, 0.2) is 38.9 Å². The summed E-state index contributed by atoms with van der Waals surface area (Å²) in [5.74, 6) is 0.00908. The molecule has 9 heteroatoms. The third kappa shape index (κ3) is 2.60. The molecule has 1 aliphatic rings. The van der Waals surface area contributed by atoms with E-state index < -0.39 is 11.5 Å². The molecule has 2 heterocycles. The van der Waals surface area contributed by atoms with Crippen LogP contribution in [0.1, 0.15) is 17.0 Å². The van der Waals surface area contributed by atoms with Crippen molar-refractivity contribution >= 4 is 28.1 Å². The van der Waals surface area contributed by atoms with Crippen molar-refractivity contribution in [2.45, 2.75) is 5.92 Å². The molecule has 7 nitrogen and oxygen atoms in total. The van der Waals surface area contributed by atoms with Gasteiger partial charge < -0.3 is 20.2 Å². The molecule has 1 aromatic heterocycles. The third-order valence-corrected chi connectivity index (χ3v) is 4.45. The molecule has 3 rings (SSSR count). The number of halogens is 1. The Labute approximate surface area is 149 Å². The predicted molar refractivity (Wildman–Crippen MR) is 92.2 cm³/mol. The van der Waals surface area contributed by atoms with E-state index in [1.54, 1.807) is 25.3 Å². The van der Waals surface area contributed by atoms with E-state index in [4.69, 9.17) is 27.4 Å². The highest BCUT2D eigenvalue weighted by Gasteiger charge is 2.34. The Kier molecular flexibility index (Phi) is 4.17. The summed E-state index contributed by atoms with van der Waals surface area (Å²) >= 11 is 8.36. The Morgan fingerprint density at radius 2 is 2.21 bits per heavy atom. The number of allylic oxidation sites excluding steroid dienone is 1. The lowest BCUT2D eigenvalue weighted by Gasteiger charge is -2.25. The number of benzene rings is 1. The van der Waals surface area contributed by atoms with Gasteiger partial charge in [0.15, 0.2) is 4.77 Å². The number of fused-ring (bicyclic) bond motifs is 1. The van der Waals surface area contributed by atoms with E-state index in [-0.39, 0.29) is 27.7 Å². The molecule has 0 fully saturated rings. The number of ether oxygens (including phenoxy) is 2. The number of methoxy groups -OCH3 is 1. The van der Waals surface area contributed by atoms with Crippen LogP contribution in [-0.2, 0) is 0 Å². The van der Waals surface area contributed by atoms with Crippen LogP contribution in [0.2, 0.25) is 0 Å². The Balaban J connectivity index is 2.30. The van der Waals surface area contributed by atoms with Crippen molar-refractivity contribution in [2.75, 3.05) is 7.11 Å². The largest absolute Gasteiger partial charge is 0.496 e. The van der Waals surface area contributed by atoms with Crippen molar-refractivity contribution < 1.29 is 9.47 Å². The van der Waals surface area contributed by atoms with Crippen LogP contribution < -0.4 is 20.8 Å². The second kappa shape index (κ2) is 6.14. The summed E-state index contributed by atoms with van der Waals surface area (Å²) in [4.78, 5) is 17.7. The fraction of sp³-hybridized carbons (Fsp3) is 0.133. The van der Waals surface area contributed by atoms with Crippen LogP contribution in [0.3, 0.4) is 0 Å². The van der Waals surface area contributed by atoms with Crippen molar-refractivity contribution in [3.63, 3.8) is 0 Å². The van der Waals surface area contributed by atoms with E-state index in [2.05, 4.69) is 25.9 Å². The van der Waals surface area contributed by atoms with Gasteiger partial charge in [-0.3, -0.25) is 9.78 Å². The van der Waals surface area contributed by atoms with Gasteiger partial charge in [0.25, 0.3) is 5.56 Å². The molecule has 1 aromatic carbocycles. The smallest absolute Gasteiger partial charge is 0.259 e. The summed E-state index contributed by atoms with van der Waals surface area (Å²) in [7, 11) is 1.55. The van der Waals surface area contributed by atoms with Crippen LogP contribution >= 0.6 is 28.1 Å². The fourth-order valence-electron chi connectivity index (χ4n) is 2.58. The summed E-state index contributed by atoms with van der Waals surface area (Å²) in [6.45, 7) is 0. The first-order valence-electron chi connectivity index (χ1n) is 6.73. The maximum absolute atomic E-state index is 12.4. The summed E-state index contributed by atoms with van der Waals surface area (Å²) in [5.41, 5.74) is 6.49. The molecule has 0 bridgehead atoms. The number of hydrogen-bond donors (Lipinski definition) is 3. The molecule has 0 aliphatic carbocycles. The molecule has 0 unspecified atom stereocenters. The molecule has 122 valence electrons. The maximum Gasteiger partial charge on any atom is 0.259 e. The van der Waals surface area contributed by atoms with Crippen molar-refractivity contribution in [1.29, 1.82) is 5.26 Å². The Hall–Kier alpha value is -2.57. The van der Waals surface area contributed by atoms with E-state index in [1.165, 1.54) is 0 Å². The summed E-state index contributed by atoms with van der Waals surface area (Å²) in [5, 5.41) is 9.49. The quantitative estimate of drug-likeness (QED) is 0.659. The van der Waals surface area contributed by atoms with Gasteiger partial charge in [-0.05, 0) is 45.8 Å². The second-order valence-corrected chi connectivity index (χ2v) is 6.23. The number of nitriles is 1. The number of rotatable bonds is 2. The number of aromatic amines is 2. The van der Waals surface area contributed by atoms with Crippen LogP contribution in [0, 0.1) is 16.1 Å². The number of hydrogen-bond acceptors (Lipinski definition) is 6. The highest BCUT2D eigenvalue weighted by atomic mass is 79.9. The maximum atomic E-state index is 12.4. The monoisotopic (exact) mass is 406 g/mol. The van der Waals surface area contributed by atoms with Gasteiger partial charge in [0, 0.05) is 0 Å². The van der Waals surface area contributed by atoms with Gasteiger partial charge in [-0.2, -0.15) is 5.26 Å². The van der Waals surface area contributed by atoms with Crippen LogP contribution in [0.25, 0.3) is 0 Å². The minimum atomic E-state index is -0.684. The molecular weight excluding hydrogens is 396 g/mol. The van der Waals surface area contributed by atoms with Gasteiger partial charge in [0.1, 0.15) is 17.4 Å². The van der Waals surface area contributed by atoms with Gasteiger partial charge in [0.2, 0.25) is 11.8 Å². The van der Waals surface area contributed by atoms with E-state index in [0.717, 1.165) is 0 Å². The third-order valence-electron chi connectivity index (χ3n) is 3.63. The molecule has 0 saturated carbocycles. The highest BCUT2D eigenvalue weighted by Crippen LogP contribution is 2.40. The first-order chi connectivity index (χ1) is 11.5. The van der Waals surface area contributed by atoms with Crippen LogP contribution in [-0.4, -0.2) is 17.1 Å². The fourth-order valence-corrected chi connectivity index (χ4v) is 3.33. The number of H-pyrrole nitrogens is 2. The summed E-state index contributed by atoms with van der Waals surface area (Å²) in [6, 6.07) is 7.29. The van der Waals surface area contributed by atoms with Crippen LogP contribution in [0.5, 0.6) is 11.6 Å². The standard InChI is InChI=1S/C15H11BrN4O3S/c1-22-9-3-2-6(4-8(9)16)10-7(5-17)12(18)23-14-11(10)13(21)19-15(24)20-14/h2-4,10H,18H2,1H3,(H2,19,20,21,24)/t10-/m0/s1. The minimum absolute atomic E-state index is 0.0711. The SMILES string of the molecule is COc1ccc([C@H]2C(C#N)=C(N)Oc3[nH]c(=S)[nH]c(=O)c32)cc1Br. The topological polar surface area (TPSA) is 117 Å². The molecule has 0 amide bonds. The molecule has 2 aromatic rings. The van der Waals surface area contributed by atoms with Gasteiger partial charge >= 0.3 is 0 Å². The van der Waals surface area contributed by atoms with Gasteiger partial charge in [-0.25, -0.2) is 0 Å². The zero-order chi connectivity index (χ0) is 17.4. The Morgan fingerprint density at radius 3 is 2.83 bits per heavy atom. The zero-order valence-electron chi connectivity index (χ0n) is 12.3. The highest BCUT2D eigenvalue weighted by molar-refractivity contribution is 9.10. The van der Waals surface area contributed by atoms with Crippen molar-refractivity contribution in [3.05, 3.63) is 60.4 Å². The minimum Gasteiger partial charge on any atom is -0.496 e. The Morgan fingerprint density at radius 1 is 1.46 bits per heavy atom. The number of nitrogens with two attached hydrogens (primary N) is 1. The normalized spacial score (nSPS) is 16.1. The molecule has 1 aliphatic heterocycles. The van der Waals surface area contributed by atoms with Crippen LogP contribution in [0.4, 0.5) is 0 Å². The summed E-state index contributed by atoms with van der Waals surface area (Å²) in [6.07, 6.45) is 0. The number of nitrogens with one attached hydrogen (secondary N) is 2. The molecule has 0 saturated heterocycles. The lowest BCUT2D eigenvalue weighted by atomic mass is 9.85. The lowest BCUT2D eigenvalue weighted by Crippen LogP contribution is -2.28. The molecule has 1 atom stereocenters. The average molecular weight is 407 g/mol. The van der Waals surface area contributed by atoms with E-state index in [9.17, 15) is 10.1 Å². The molecule has 24 heavy (non-hydrogen) atoms. The van der Waals surface area contributed by atoms with Crippen molar-refractivity contribution in [1.82, 2.24) is 9.97 Å². The van der Waals surface area contributed by atoms with E-state index in [1.807, 2.05) is 6.07 Å². The molecule has 0 spiro atoms. The van der Waals surface area contributed by atoms with Gasteiger partial charge in [-0.15, -0.1) is 0 Å². The first-order valence-corrected chi connectivity index (χ1v) is 7.94. The zero-order valence-corrected chi connectivity index (χ0v) is 14.7. The number of nitrogens with zero attached hydrogens (tertiary/aromatic N) is 1. The van der Waals surface area contributed by atoms with Gasteiger partial charge in [-0.1, -0.05) is 6.07 Å². The van der Waals surface area contributed by atoms with Crippen molar-refractivity contribution in [2.24, 2.45) is 5.73 Å². The molecule has 0 radical (unpaired) electrons. The van der Waals surface area contributed by atoms with E-state index in [0.29, 0.717) is 15.8 Å². The predicted octanol–water partition coefficient (Wildman–Crippen LogP) is 2.42. The van der Waals surface area contributed by atoms with E-state index >= 15 is 0 Å². The lowest BCUT2D eigenvalue weighted by molar-refractivity contribution is 0.374.